The molecule has 0 saturated heterocycles. The molecule has 2 N–H and O–H groups in total. The van der Waals surface area contributed by atoms with Crippen molar-refractivity contribution in [2.75, 3.05) is 0 Å². The number of hydrogen-bond acceptors (Lipinski definition) is 4. The van der Waals surface area contributed by atoms with Crippen molar-refractivity contribution in [1.29, 1.82) is 0 Å². The third-order valence-corrected chi connectivity index (χ3v) is 2.10. The first-order valence-corrected chi connectivity index (χ1v) is 6.37. The van der Waals surface area contributed by atoms with Crippen LogP contribution in [0.25, 0.3) is 0 Å². The van der Waals surface area contributed by atoms with Crippen molar-refractivity contribution < 1.29 is 24.2 Å². The van der Waals surface area contributed by atoms with Crippen molar-refractivity contribution in [2.45, 2.75) is 52.2 Å². The summed E-state index contributed by atoms with van der Waals surface area (Å²) in [6.45, 7) is 6.95. The van der Waals surface area contributed by atoms with Crippen LogP contribution in [0.3, 0.4) is 0 Å². The monoisotopic (exact) mass is 283 g/mol. The van der Waals surface area contributed by atoms with E-state index < -0.39 is 29.6 Å². The Balaban J connectivity index is 4.95. The maximum Gasteiger partial charge on any atom is 0.408 e. The summed E-state index contributed by atoms with van der Waals surface area (Å²) in [5.41, 5.74) is -0.717. The molecule has 0 aliphatic heterocycles. The number of carboxylic acid groups (broad SMARTS) is 1. The second kappa shape index (κ2) is 8.20. The van der Waals surface area contributed by atoms with E-state index in [1.54, 1.807) is 20.8 Å². The maximum atomic E-state index is 11.6. The van der Waals surface area contributed by atoms with Crippen LogP contribution in [0.5, 0.6) is 0 Å². The van der Waals surface area contributed by atoms with E-state index >= 15 is 0 Å². The summed E-state index contributed by atoms with van der Waals surface area (Å²) in [4.78, 5) is 33.5. The average molecular weight is 283 g/mol. The van der Waals surface area contributed by atoms with Gasteiger partial charge in [0.1, 0.15) is 23.8 Å². The summed E-state index contributed by atoms with van der Waals surface area (Å²) in [6, 6.07) is -1.11. The van der Waals surface area contributed by atoms with Gasteiger partial charge in [-0.2, -0.15) is 0 Å². The number of aliphatic carboxylic acids is 1. The molecule has 0 rings (SSSR count). The normalized spacial score (nSPS) is 13.4. The highest BCUT2D eigenvalue weighted by Crippen LogP contribution is 2.08. The minimum atomic E-state index is -1.42. The van der Waals surface area contributed by atoms with Crippen LogP contribution in [0.4, 0.5) is 4.79 Å². The number of hydrogen-bond donors (Lipinski definition) is 2. The summed E-state index contributed by atoms with van der Waals surface area (Å²) in [5.74, 6) is 2.56. The number of rotatable bonds is 5. The van der Waals surface area contributed by atoms with E-state index in [9.17, 15) is 14.4 Å². The Morgan fingerprint density at radius 2 is 2.00 bits per heavy atom. The third kappa shape index (κ3) is 7.41. The topological polar surface area (TPSA) is 92.7 Å². The van der Waals surface area contributed by atoms with Crippen molar-refractivity contribution in [3.63, 3.8) is 0 Å². The van der Waals surface area contributed by atoms with Crippen LogP contribution in [0.15, 0.2) is 0 Å². The van der Waals surface area contributed by atoms with Gasteiger partial charge in [-0.15, -0.1) is 5.92 Å². The molecule has 0 fully saturated rings. The molecule has 0 heterocycles. The molecule has 0 saturated carbocycles. The van der Waals surface area contributed by atoms with Crippen LogP contribution in [0.2, 0.25) is 0 Å². The Bertz CT molecular complexity index is 414. The van der Waals surface area contributed by atoms with E-state index in [2.05, 4.69) is 17.2 Å². The smallest absolute Gasteiger partial charge is 0.408 e. The van der Waals surface area contributed by atoms with Gasteiger partial charge in [-0.1, -0.05) is 12.8 Å². The summed E-state index contributed by atoms with van der Waals surface area (Å²) >= 11 is 0. The molecule has 6 nitrogen and oxygen atoms in total. The minimum Gasteiger partial charge on any atom is -0.481 e. The molecule has 2 atom stereocenters. The number of ether oxygens (including phenoxy) is 1. The van der Waals surface area contributed by atoms with Crippen LogP contribution < -0.4 is 5.32 Å². The second-order valence-corrected chi connectivity index (χ2v) is 5.20. The molecule has 2 unspecified atom stereocenters. The van der Waals surface area contributed by atoms with Gasteiger partial charge in [-0.05, 0) is 27.2 Å². The van der Waals surface area contributed by atoms with Crippen molar-refractivity contribution >= 4 is 18.3 Å². The Morgan fingerprint density at radius 3 is 2.40 bits per heavy atom. The van der Waals surface area contributed by atoms with Crippen molar-refractivity contribution in [1.82, 2.24) is 5.32 Å². The molecule has 1 amide bonds. The lowest BCUT2D eigenvalue weighted by Crippen LogP contribution is -2.45. The summed E-state index contributed by atoms with van der Waals surface area (Å²) < 4.78 is 5.02. The Morgan fingerprint density at radius 1 is 1.40 bits per heavy atom. The zero-order valence-corrected chi connectivity index (χ0v) is 12.2. The molecule has 0 aliphatic rings. The fourth-order valence-corrected chi connectivity index (χ4v) is 1.24. The zero-order chi connectivity index (χ0) is 15.8. The average Bonchev–Trinajstić information content (AvgIpc) is 2.26. The lowest BCUT2D eigenvalue weighted by atomic mass is 10.0. The highest BCUT2D eigenvalue weighted by atomic mass is 16.6. The van der Waals surface area contributed by atoms with E-state index in [-0.39, 0.29) is 6.29 Å². The van der Waals surface area contributed by atoms with Gasteiger partial charge in [-0.25, -0.2) is 4.79 Å². The third-order valence-electron chi connectivity index (χ3n) is 2.10. The molecule has 20 heavy (non-hydrogen) atoms. The lowest BCUT2D eigenvalue weighted by Gasteiger charge is -2.22. The van der Waals surface area contributed by atoms with Crippen LogP contribution in [-0.2, 0) is 14.3 Å². The summed E-state index contributed by atoms with van der Waals surface area (Å²) in [6.07, 6.45) is 0.801. The molecule has 0 radical (unpaired) electrons. The van der Waals surface area contributed by atoms with E-state index in [0.717, 1.165) is 6.42 Å². The number of carboxylic acids is 1. The minimum absolute atomic E-state index is 0.255. The van der Waals surface area contributed by atoms with E-state index in [0.29, 0.717) is 6.42 Å². The molecular formula is C14H21NO5. The molecule has 0 aromatic heterocycles. The van der Waals surface area contributed by atoms with Gasteiger partial charge in [0.2, 0.25) is 0 Å². The van der Waals surface area contributed by atoms with Crippen LogP contribution in [-0.4, -0.2) is 35.1 Å². The highest BCUT2D eigenvalue weighted by Gasteiger charge is 2.29. The molecule has 0 spiro atoms. The van der Waals surface area contributed by atoms with Gasteiger partial charge in [0.25, 0.3) is 0 Å². The maximum absolute atomic E-state index is 11.6. The van der Waals surface area contributed by atoms with Crippen LogP contribution in [0.1, 0.15) is 40.5 Å². The number of carbonyl (C=O) groups excluding carboxylic acids is 2. The fourth-order valence-electron chi connectivity index (χ4n) is 1.24. The van der Waals surface area contributed by atoms with Crippen molar-refractivity contribution in [3.8, 4) is 11.8 Å². The number of amides is 1. The first-order chi connectivity index (χ1) is 9.21. The predicted octanol–water partition coefficient (Wildman–Crippen LogP) is 1.58. The number of unbranched alkanes of at least 4 members (excludes halogenated alkanes) is 1. The number of aldehydes is 1. The van der Waals surface area contributed by atoms with Crippen molar-refractivity contribution in [3.05, 3.63) is 0 Å². The van der Waals surface area contributed by atoms with Gasteiger partial charge >= 0.3 is 12.1 Å². The molecule has 6 heteroatoms. The first kappa shape index (κ1) is 18.0. The van der Waals surface area contributed by atoms with Gasteiger partial charge in [-0.3, -0.25) is 4.79 Å². The standard InChI is InChI=1S/C14H21NO5/c1-5-6-7-8-11(10(9-16)12(17)18)15-13(19)20-14(2,3)4/h9-11H,5-6H2,1-4H3,(H,15,19)(H,17,18). The molecule has 0 aromatic carbocycles. The lowest BCUT2D eigenvalue weighted by molar-refractivity contribution is -0.143. The molecule has 0 aromatic rings. The Hall–Kier alpha value is -2.03. The summed E-state index contributed by atoms with van der Waals surface area (Å²) in [5, 5.41) is 11.3. The van der Waals surface area contributed by atoms with Gasteiger partial charge in [0.15, 0.2) is 0 Å². The van der Waals surface area contributed by atoms with Gasteiger partial charge < -0.3 is 20.0 Å². The van der Waals surface area contributed by atoms with E-state index in [4.69, 9.17) is 9.84 Å². The molecule has 112 valence electrons. The second-order valence-electron chi connectivity index (χ2n) is 5.20. The highest BCUT2D eigenvalue weighted by molar-refractivity contribution is 5.88. The van der Waals surface area contributed by atoms with E-state index in [1.165, 1.54) is 0 Å². The summed E-state index contributed by atoms with van der Waals surface area (Å²) in [7, 11) is 0. The zero-order valence-electron chi connectivity index (χ0n) is 12.2. The Labute approximate surface area is 118 Å². The first-order valence-electron chi connectivity index (χ1n) is 6.37. The SMILES string of the molecule is CCCC#CC(NC(=O)OC(C)(C)C)C(C=O)C(=O)O. The van der Waals surface area contributed by atoms with Crippen LogP contribution in [0, 0.1) is 17.8 Å². The number of carbonyl (C=O) groups is 3. The molecule has 0 bridgehead atoms. The molecular weight excluding hydrogens is 262 g/mol. The van der Waals surface area contributed by atoms with Gasteiger partial charge in [0.05, 0.1) is 0 Å². The van der Waals surface area contributed by atoms with Crippen LogP contribution >= 0.6 is 0 Å². The van der Waals surface area contributed by atoms with Gasteiger partial charge in [0, 0.05) is 6.42 Å². The van der Waals surface area contributed by atoms with E-state index in [1.807, 2.05) is 6.92 Å². The number of alkyl carbamates (subject to hydrolysis) is 1. The number of nitrogens with one attached hydrogen (secondary N) is 1. The Kier molecular flexibility index (Phi) is 7.37. The fraction of sp³-hybridized carbons (Fsp3) is 0.643. The largest absolute Gasteiger partial charge is 0.481 e. The molecule has 0 aliphatic carbocycles. The quantitative estimate of drug-likeness (QED) is 0.454. The predicted molar refractivity (Wildman–Crippen MR) is 73.0 cm³/mol. The van der Waals surface area contributed by atoms with Crippen molar-refractivity contribution in [2.24, 2.45) is 5.92 Å².